The van der Waals surface area contributed by atoms with Gasteiger partial charge in [-0.15, -0.1) is 0 Å². The molecule has 0 atom stereocenters. The molecule has 0 bridgehead atoms. The summed E-state index contributed by atoms with van der Waals surface area (Å²) in [5.74, 6) is 0. The molecule has 3 heterocycles. The molecule has 3 saturated heterocycles. The van der Waals surface area contributed by atoms with Gasteiger partial charge in [-0.25, -0.2) is 0 Å². The Morgan fingerprint density at radius 3 is 1.54 bits per heavy atom. The Morgan fingerprint density at radius 1 is 0.580 bits per heavy atom. The summed E-state index contributed by atoms with van der Waals surface area (Å²) < 4.78 is 13.4. The molecule has 266 valence electrons. The number of hydrogen-bond acceptors (Lipinski definition) is 6. The molecule has 7 rings (SSSR count). The monoisotopic (exact) mass is 738 g/mol. The van der Waals surface area contributed by atoms with Crippen molar-refractivity contribution in [2.24, 2.45) is 11.5 Å². The average Bonchev–Trinajstić information content (AvgIpc) is 3.88. The fourth-order valence-electron chi connectivity index (χ4n) is 6.52. The van der Waals surface area contributed by atoms with Gasteiger partial charge in [0.25, 0.3) is 0 Å². The molecule has 0 amide bonds. The SMILES string of the molecule is CC1(C)OB(c2cccc(CN3CCCC3)c2)OC1(C)C.NCc1ccc(-c2cccc(CN3CCCC3)c2)cc1.NCc1ccc(Br)cc1. The maximum Gasteiger partial charge on any atom is 0.494 e. The first-order chi connectivity index (χ1) is 24.0. The molecule has 6 nitrogen and oxygen atoms in total. The van der Waals surface area contributed by atoms with Crippen molar-refractivity contribution < 1.29 is 9.31 Å². The number of hydrogen-bond donors (Lipinski definition) is 2. The van der Waals surface area contributed by atoms with E-state index in [1.807, 2.05) is 24.3 Å². The average molecular weight is 740 g/mol. The molecule has 0 aliphatic carbocycles. The molecule has 0 radical (unpaired) electrons. The molecular weight excluding hydrogens is 683 g/mol. The molecule has 0 aromatic heterocycles. The quantitative estimate of drug-likeness (QED) is 0.179. The second kappa shape index (κ2) is 18.1. The third kappa shape index (κ3) is 10.8. The van der Waals surface area contributed by atoms with Crippen molar-refractivity contribution in [2.45, 2.75) is 90.8 Å². The van der Waals surface area contributed by atoms with Gasteiger partial charge in [-0.05, 0) is 137 Å². The summed E-state index contributed by atoms with van der Waals surface area (Å²) in [7, 11) is -0.256. The van der Waals surface area contributed by atoms with Gasteiger partial charge in [-0.2, -0.15) is 0 Å². The zero-order valence-electron chi connectivity index (χ0n) is 30.5. The van der Waals surface area contributed by atoms with Crippen molar-refractivity contribution in [1.82, 2.24) is 9.80 Å². The van der Waals surface area contributed by atoms with Crippen molar-refractivity contribution in [2.75, 3.05) is 26.2 Å². The van der Waals surface area contributed by atoms with E-state index in [1.165, 1.54) is 85.2 Å². The van der Waals surface area contributed by atoms with Gasteiger partial charge in [0.15, 0.2) is 0 Å². The van der Waals surface area contributed by atoms with Crippen LogP contribution in [0.1, 0.15) is 75.6 Å². The summed E-state index contributed by atoms with van der Waals surface area (Å²) in [5.41, 5.74) is 19.3. The third-order valence-electron chi connectivity index (χ3n) is 10.3. The van der Waals surface area contributed by atoms with Crippen LogP contribution >= 0.6 is 15.9 Å². The first-order valence-electron chi connectivity index (χ1n) is 18.3. The van der Waals surface area contributed by atoms with E-state index in [2.05, 4.69) is 126 Å². The van der Waals surface area contributed by atoms with Gasteiger partial charge in [-0.1, -0.05) is 94.8 Å². The first kappa shape index (κ1) is 38.4. The van der Waals surface area contributed by atoms with E-state index in [-0.39, 0.29) is 18.3 Å². The van der Waals surface area contributed by atoms with Crippen LogP contribution < -0.4 is 16.9 Å². The molecule has 4 aromatic rings. The minimum Gasteiger partial charge on any atom is -0.399 e. The van der Waals surface area contributed by atoms with E-state index in [0.717, 1.165) is 23.0 Å². The second-order valence-electron chi connectivity index (χ2n) is 14.7. The molecule has 50 heavy (non-hydrogen) atoms. The molecule has 0 saturated carbocycles. The van der Waals surface area contributed by atoms with Crippen molar-refractivity contribution in [1.29, 1.82) is 0 Å². The molecule has 0 spiro atoms. The predicted octanol–water partition coefficient (Wildman–Crippen LogP) is 7.90. The number of likely N-dealkylation sites (tertiary alicyclic amines) is 2. The minimum atomic E-state index is -0.275. The van der Waals surface area contributed by atoms with Crippen LogP contribution in [0, 0.1) is 0 Å². The zero-order chi connectivity index (χ0) is 35.6. The number of benzene rings is 4. The van der Waals surface area contributed by atoms with E-state index in [0.29, 0.717) is 13.1 Å². The van der Waals surface area contributed by atoms with Crippen molar-refractivity contribution >= 4 is 28.5 Å². The summed E-state index contributed by atoms with van der Waals surface area (Å²) >= 11 is 3.33. The predicted molar refractivity (Wildman–Crippen MR) is 213 cm³/mol. The highest BCUT2D eigenvalue weighted by Gasteiger charge is 2.51. The molecule has 4 aromatic carbocycles. The van der Waals surface area contributed by atoms with Gasteiger partial charge in [0.1, 0.15) is 0 Å². The highest BCUT2D eigenvalue weighted by molar-refractivity contribution is 9.10. The Hall–Kier alpha value is -2.82. The fraction of sp³-hybridized carbons (Fsp3) is 0.429. The van der Waals surface area contributed by atoms with Crippen LogP contribution in [0.5, 0.6) is 0 Å². The molecule has 3 aliphatic heterocycles. The Balaban J connectivity index is 0.000000157. The van der Waals surface area contributed by atoms with Gasteiger partial charge < -0.3 is 20.8 Å². The molecule has 8 heteroatoms. The summed E-state index contributed by atoms with van der Waals surface area (Å²) in [6, 6.07) is 34.1. The second-order valence-corrected chi connectivity index (χ2v) is 15.6. The van der Waals surface area contributed by atoms with Crippen LogP contribution in [0.3, 0.4) is 0 Å². The Morgan fingerprint density at radius 2 is 1.04 bits per heavy atom. The highest BCUT2D eigenvalue weighted by Crippen LogP contribution is 2.36. The van der Waals surface area contributed by atoms with Gasteiger partial charge >= 0.3 is 7.12 Å². The summed E-state index contributed by atoms with van der Waals surface area (Å²) in [4.78, 5) is 5.06. The van der Waals surface area contributed by atoms with Gasteiger partial charge in [-0.3, -0.25) is 9.80 Å². The Kier molecular flexibility index (Phi) is 13.9. The topological polar surface area (TPSA) is 77.0 Å². The van der Waals surface area contributed by atoms with Gasteiger partial charge in [0.05, 0.1) is 11.2 Å². The standard InChI is InChI=1S/C18H22N2.C17H26BNO2.C7H8BrN/c19-13-15-6-8-17(9-7-15)18-5-3-4-16(12-18)14-20-10-1-2-11-20;1-16(2)17(3,4)21-18(20-16)15-9-7-8-14(12-15)13-19-10-5-6-11-19;8-7-3-1-6(5-9)2-4-7/h3-9,12H,1-2,10-11,13-14,19H2;7-9,12H,5-6,10-11,13H2,1-4H3;1-4H,5,9H2. The Labute approximate surface area is 309 Å². The lowest BCUT2D eigenvalue weighted by molar-refractivity contribution is 0.00578. The summed E-state index contributed by atoms with van der Waals surface area (Å²) in [5, 5.41) is 0. The normalized spacial score (nSPS) is 18.3. The van der Waals surface area contributed by atoms with Crippen LogP contribution in [-0.4, -0.2) is 54.3 Å². The number of nitrogens with zero attached hydrogens (tertiary/aromatic N) is 2. The fourth-order valence-corrected chi connectivity index (χ4v) is 6.78. The van der Waals surface area contributed by atoms with Crippen LogP contribution in [-0.2, 0) is 35.5 Å². The van der Waals surface area contributed by atoms with Crippen molar-refractivity contribution in [3.05, 3.63) is 124 Å². The van der Waals surface area contributed by atoms with Crippen molar-refractivity contribution in [3.63, 3.8) is 0 Å². The third-order valence-corrected chi connectivity index (χ3v) is 10.8. The van der Waals surface area contributed by atoms with E-state index in [4.69, 9.17) is 20.8 Å². The molecule has 4 N–H and O–H groups in total. The van der Waals surface area contributed by atoms with E-state index < -0.39 is 0 Å². The minimum absolute atomic E-state index is 0.256. The number of nitrogens with two attached hydrogens (primary N) is 2. The van der Waals surface area contributed by atoms with Gasteiger partial charge in [0.2, 0.25) is 0 Å². The maximum atomic E-state index is 6.14. The zero-order valence-corrected chi connectivity index (χ0v) is 32.1. The van der Waals surface area contributed by atoms with Crippen LogP contribution in [0.15, 0.2) is 102 Å². The van der Waals surface area contributed by atoms with E-state index in [9.17, 15) is 0 Å². The van der Waals surface area contributed by atoms with E-state index in [1.54, 1.807) is 0 Å². The smallest absolute Gasteiger partial charge is 0.399 e. The summed E-state index contributed by atoms with van der Waals surface area (Å²) in [6.07, 6.45) is 5.36. The Bertz CT molecular complexity index is 1600. The molecule has 3 aliphatic rings. The molecular formula is C42H56BBrN4O2. The van der Waals surface area contributed by atoms with Crippen LogP contribution in [0.4, 0.5) is 0 Å². The van der Waals surface area contributed by atoms with Crippen LogP contribution in [0.25, 0.3) is 11.1 Å². The number of rotatable bonds is 8. The lowest BCUT2D eigenvalue weighted by Crippen LogP contribution is -2.41. The maximum absolute atomic E-state index is 6.14. The first-order valence-corrected chi connectivity index (χ1v) is 19.1. The summed E-state index contributed by atoms with van der Waals surface area (Å²) in [6.45, 7) is 16.7. The largest absolute Gasteiger partial charge is 0.494 e. The van der Waals surface area contributed by atoms with Crippen LogP contribution in [0.2, 0.25) is 0 Å². The lowest BCUT2D eigenvalue weighted by atomic mass is 9.78. The van der Waals surface area contributed by atoms with Crippen molar-refractivity contribution in [3.8, 4) is 11.1 Å². The van der Waals surface area contributed by atoms with Gasteiger partial charge in [0, 0.05) is 30.7 Å². The lowest BCUT2D eigenvalue weighted by Gasteiger charge is -2.32. The van der Waals surface area contributed by atoms with E-state index >= 15 is 0 Å². The highest BCUT2D eigenvalue weighted by atomic mass is 79.9. The molecule has 0 unspecified atom stereocenters. The number of halogens is 1. The molecule has 3 fully saturated rings.